The van der Waals surface area contributed by atoms with E-state index in [0.29, 0.717) is 0 Å². The van der Waals surface area contributed by atoms with Crippen LogP contribution in [0.3, 0.4) is 0 Å². The van der Waals surface area contributed by atoms with Crippen molar-refractivity contribution in [3.63, 3.8) is 0 Å². The Hall–Kier alpha value is -1.96. The van der Waals surface area contributed by atoms with Crippen LogP contribution in [0.2, 0.25) is 0 Å². The molecule has 0 saturated heterocycles. The molecule has 1 aromatic heterocycles. The number of rotatable bonds is 2. The van der Waals surface area contributed by atoms with E-state index in [1.165, 1.54) is 10.9 Å². The second-order valence-electron chi connectivity index (χ2n) is 3.77. The summed E-state index contributed by atoms with van der Waals surface area (Å²) in [6.45, 7) is 0. The van der Waals surface area contributed by atoms with Crippen molar-refractivity contribution in [2.24, 2.45) is 7.05 Å². The third-order valence-corrected chi connectivity index (χ3v) is 3.10. The molecule has 8 heteroatoms. The summed E-state index contributed by atoms with van der Waals surface area (Å²) in [5, 5.41) is 6.03. The fourth-order valence-corrected chi connectivity index (χ4v) is 1.75. The molecule has 0 spiro atoms. The number of aryl methyl sites for hydroxylation is 1. The van der Waals surface area contributed by atoms with Gasteiger partial charge in [0, 0.05) is 13.1 Å². The number of nitrogens with two attached hydrogens (primary N) is 1. The number of anilines is 2. The maximum atomic E-state index is 13.5. The molecule has 100 valence electrons. The summed E-state index contributed by atoms with van der Waals surface area (Å²) in [4.78, 5) is 11.9. The van der Waals surface area contributed by atoms with Crippen LogP contribution < -0.4 is 11.1 Å². The number of carbonyl (C=O) groups excluding carboxylic acids is 1. The highest BCUT2D eigenvalue weighted by molar-refractivity contribution is 9.10. The zero-order valence-electron chi connectivity index (χ0n) is 9.75. The molecule has 1 amide bonds. The predicted molar refractivity (Wildman–Crippen MR) is 69.6 cm³/mol. The summed E-state index contributed by atoms with van der Waals surface area (Å²) in [7, 11) is 1.56. The molecule has 0 aliphatic heterocycles. The average Bonchev–Trinajstić information content (AvgIpc) is 2.67. The topological polar surface area (TPSA) is 72.9 Å². The minimum Gasteiger partial charge on any atom is -0.383 e. The van der Waals surface area contributed by atoms with Gasteiger partial charge in [-0.3, -0.25) is 9.48 Å². The van der Waals surface area contributed by atoms with Crippen LogP contribution in [-0.4, -0.2) is 15.7 Å². The number of hydrogen-bond donors (Lipinski definition) is 2. The number of nitrogens with one attached hydrogen (secondary N) is 1. The summed E-state index contributed by atoms with van der Waals surface area (Å²) in [6, 6.07) is 1.81. The monoisotopic (exact) mass is 330 g/mol. The molecule has 1 heterocycles. The molecule has 19 heavy (non-hydrogen) atoms. The Morgan fingerprint density at radius 2 is 2.11 bits per heavy atom. The van der Waals surface area contributed by atoms with Crippen LogP contribution in [0.25, 0.3) is 0 Å². The van der Waals surface area contributed by atoms with Gasteiger partial charge in [0.15, 0.2) is 0 Å². The lowest BCUT2D eigenvalue weighted by molar-refractivity contribution is 0.102. The van der Waals surface area contributed by atoms with E-state index in [4.69, 9.17) is 5.73 Å². The lowest BCUT2D eigenvalue weighted by atomic mass is 10.2. The summed E-state index contributed by atoms with van der Waals surface area (Å²) >= 11 is 2.85. The number of benzene rings is 1. The maximum Gasteiger partial charge on any atom is 0.261 e. The van der Waals surface area contributed by atoms with E-state index < -0.39 is 17.5 Å². The van der Waals surface area contributed by atoms with E-state index in [-0.39, 0.29) is 21.5 Å². The van der Waals surface area contributed by atoms with Crippen molar-refractivity contribution in [2.45, 2.75) is 0 Å². The van der Waals surface area contributed by atoms with Gasteiger partial charge in [-0.05, 0) is 22.0 Å². The number of aromatic nitrogens is 2. The average molecular weight is 331 g/mol. The van der Waals surface area contributed by atoms with Crippen molar-refractivity contribution in [2.75, 3.05) is 11.1 Å². The Balaban J connectivity index is 2.29. The van der Waals surface area contributed by atoms with Crippen molar-refractivity contribution in [1.29, 1.82) is 0 Å². The Bertz CT molecular complexity index is 656. The standard InChI is InChI=1S/C11H9BrF2N4O/c1-18-10(15)5(4-16-18)11(19)17-9-3-7(13)6(12)2-8(9)14/h2-4H,15H2,1H3,(H,17,19). The molecule has 2 aromatic rings. The van der Waals surface area contributed by atoms with Gasteiger partial charge < -0.3 is 11.1 Å². The van der Waals surface area contributed by atoms with Crippen molar-refractivity contribution in [1.82, 2.24) is 9.78 Å². The quantitative estimate of drug-likeness (QED) is 0.830. The predicted octanol–water partition coefficient (Wildman–Crippen LogP) is 2.30. The molecule has 5 nitrogen and oxygen atoms in total. The third-order valence-electron chi connectivity index (χ3n) is 2.49. The SMILES string of the molecule is Cn1ncc(C(=O)Nc2cc(F)c(Br)cc2F)c1N. The minimum absolute atomic E-state index is 0.0242. The van der Waals surface area contributed by atoms with E-state index >= 15 is 0 Å². The Kier molecular flexibility index (Phi) is 3.52. The molecule has 3 N–H and O–H groups in total. The Labute approximate surface area is 115 Å². The zero-order chi connectivity index (χ0) is 14.2. The van der Waals surface area contributed by atoms with E-state index in [1.54, 1.807) is 7.05 Å². The van der Waals surface area contributed by atoms with Crippen LogP contribution in [0.1, 0.15) is 10.4 Å². The number of hydrogen-bond acceptors (Lipinski definition) is 3. The van der Waals surface area contributed by atoms with Crippen molar-refractivity contribution in [3.8, 4) is 0 Å². The highest BCUT2D eigenvalue weighted by Gasteiger charge is 2.16. The minimum atomic E-state index is -0.760. The number of nitrogens with zero attached hydrogens (tertiary/aromatic N) is 2. The largest absolute Gasteiger partial charge is 0.383 e. The molecule has 1 aromatic carbocycles. The van der Waals surface area contributed by atoms with Crippen LogP contribution in [0.15, 0.2) is 22.8 Å². The van der Waals surface area contributed by atoms with Gasteiger partial charge in [-0.2, -0.15) is 5.10 Å². The van der Waals surface area contributed by atoms with Gasteiger partial charge in [-0.25, -0.2) is 8.78 Å². The molecule has 0 unspecified atom stereocenters. The number of halogens is 3. The molecular weight excluding hydrogens is 322 g/mol. The van der Waals surface area contributed by atoms with Gasteiger partial charge in [-0.15, -0.1) is 0 Å². The van der Waals surface area contributed by atoms with E-state index in [9.17, 15) is 13.6 Å². The Morgan fingerprint density at radius 1 is 1.42 bits per heavy atom. The second-order valence-corrected chi connectivity index (χ2v) is 4.62. The van der Waals surface area contributed by atoms with E-state index in [0.717, 1.165) is 12.1 Å². The molecule has 0 bridgehead atoms. The van der Waals surface area contributed by atoms with Crippen LogP contribution >= 0.6 is 15.9 Å². The van der Waals surface area contributed by atoms with Gasteiger partial charge in [0.05, 0.1) is 16.4 Å². The lowest BCUT2D eigenvalue weighted by Crippen LogP contribution is -2.15. The van der Waals surface area contributed by atoms with Gasteiger partial charge >= 0.3 is 0 Å². The first-order chi connectivity index (χ1) is 8.90. The fraction of sp³-hybridized carbons (Fsp3) is 0.0909. The van der Waals surface area contributed by atoms with Gasteiger partial charge in [0.2, 0.25) is 0 Å². The molecule has 0 atom stereocenters. The molecular formula is C11H9BrF2N4O. The van der Waals surface area contributed by atoms with Crippen molar-refractivity contribution in [3.05, 3.63) is 40.0 Å². The molecule has 0 aliphatic rings. The normalized spacial score (nSPS) is 10.5. The van der Waals surface area contributed by atoms with E-state index in [1.807, 2.05) is 0 Å². The number of carbonyl (C=O) groups is 1. The van der Waals surface area contributed by atoms with Crippen LogP contribution in [-0.2, 0) is 7.05 Å². The number of amides is 1. The maximum absolute atomic E-state index is 13.5. The summed E-state index contributed by atoms with van der Waals surface area (Å²) in [5.41, 5.74) is 5.43. The second kappa shape index (κ2) is 4.96. The highest BCUT2D eigenvalue weighted by Crippen LogP contribution is 2.24. The first-order valence-corrected chi connectivity index (χ1v) is 5.93. The highest BCUT2D eigenvalue weighted by atomic mass is 79.9. The zero-order valence-corrected chi connectivity index (χ0v) is 11.3. The van der Waals surface area contributed by atoms with Crippen molar-refractivity contribution < 1.29 is 13.6 Å². The van der Waals surface area contributed by atoms with Crippen LogP contribution in [0, 0.1) is 11.6 Å². The van der Waals surface area contributed by atoms with Gasteiger partial charge in [0.1, 0.15) is 23.0 Å². The first kappa shape index (κ1) is 13.5. The smallest absolute Gasteiger partial charge is 0.261 e. The molecule has 2 rings (SSSR count). The molecule has 0 fully saturated rings. The third kappa shape index (κ3) is 2.58. The molecule has 0 aliphatic carbocycles. The summed E-state index contributed by atoms with van der Waals surface area (Å²) in [6.07, 6.45) is 1.25. The fourth-order valence-electron chi connectivity index (χ4n) is 1.43. The Morgan fingerprint density at radius 3 is 2.68 bits per heavy atom. The lowest BCUT2D eigenvalue weighted by Gasteiger charge is -2.07. The van der Waals surface area contributed by atoms with E-state index in [2.05, 4.69) is 26.3 Å². The summed E-state index contributed by atoms with van der Waals surface area (Å²) in [5.74, 6) is -1.97. The van der Waals surface area contributed by atoms with Crippen LogP contribution in [0.4, 0.5) is 20.3 Å². The van der Waals surface area contributed by atoms with Crippen molar-refractivity contribution >= 4 is 33.3 Å². The summed E-state index contributed by atoms with van der Waals surface area (Å²) < 4.78 is 28.1. The first-order valence-electron chi connectivity index (χ1n) is 5.13. The van der Waals surface area contributed by atoms with Gasteiger partial charge in [0.25, 0.3) is 5.91 Å². The number of nitrogen functional groups attached to an aromatic ring is 1. The molecule has 0 radical (unpaired) electrons. The molecule has 0 saturated carbocycles. The van der Waals surface area contributed by atoms with Gasteiger partial charge in [-0.1, -0.05) is 0 Å². The van der Waals surface area contributed by atoms with Crippen LogP contribution in [0.5, 0.6) is 0 Å².